The number of nitrogens with one attached hydrogen (secondary N) is 1. The molecule has 2 unspecified atom stereocenters. The van der Waals surface area contributed by atoms with E-state index in [1.807, 2.05) is 31.1 Å². The predicted molar refractivity (Wildman–Crippen MR) is 139 cm³/mol. The van der Waals surface area contributed by atoms with Crippen molar-refractivity contribution < 1.29 is 22.8 Å². The molecule has 0 spiro atoms. The van der Waals surface area contributed by atoms with E-state index in [1.165, 1.54) is 17.7 Å². The molecule has 0 aliphatic heterocycles. The highest BCUT2D eigenvalue weighted by atomic mass is 32.1. The second-order valence-corrected chi connectivity index (χ2v) is 11.3. The van der Waals surface area contributed by atoms with Crippen molar-refractivity contribution in [3.63, 3.8) is 0 Å². The zero-order chi connectivity index (χ0) is 27.4. The van der Waals surface area contributed by atoms with Gasteiger partial charge in [-0.2, -0.15) is 18.2 Å². The Bertz CT molecular complexity index is 1110. The van der Waals surface area contributed by atoms with Gasteiger partial charge in [-0.1, -0.05) is 12.1 Å². The molecule has 0 bridgehead atoms. The van der Waals surface area contributed by atoms with Crippen LogP contribution in [-0.4, -0.2) is 79.9 Å². The fourth-order valence-electron chi connectivity index (χ4n) is 4.24. The van der Waals surface area contributed by atoms with E-state index in [2.05, 4.69) is 15.3 Å². The second kappa shape index (κ2) is 11.7. The normalized spacial score (nSPS) is 16.6. The van der Waals surface area contributed by atoms with Gasteiger partial charge < -0.3 is 15.1 Å². The topological polar surface area (TPSA) is 77.9 Å². The Hall–Kier alpha value is -2.79. The maximum atomic E-state index is 13.9. The number of nitrogens with zero attached hydrogens (tertiary/aromatic N) is 4. The van der Waals surface area contributed by atoms with Crippen LogP contribution in [0.25, 0.3) is 0 Å². The van der Waals surface area contributed by atoms with E-state index >= 15 is 0 Å². The first-order valence-electron chi connectivity index (χ1n) is 12.1. The number of carbonyl (C=O) groups excluding carboxylic acids is 2. The van der Waals surface area contributed by atoms with E-state index in [-0.39, 0.29) is 37.8 Å². The Kier molecular flexibility index (Phi) is 9.12. The summed E-state index contributed by atoms with van der Waals surface area (Å²) in [6.45, 7) is 2.08. The zero-order valence-corrected chi connectivity index (χ0v) is 22.6. The lowest BCUT2D eigenvalue weighted by atomic mass is 9.85. The molecule has 1 aliphatic rings. The van der Waals surface area contributed by atoms with Crippen LogP contribution < -0.4 is 5.32 Å². The van der Waals surface area contributed by atoms with Crippen LogP contribution in [0.15, 0.2) is 35.5 Å². The highest BCUT2D eigenvalue weighted by Gasteiger charge is 2.68. The summed E-state index contributed by atoms with van der Waals surface area (Å²) in [5, 5.41) is 3.22. The molecule has 2 amide bonds. The molecule has 0 saturated heterocycles. The molecule has 2 atom stereocenters. The number of amides is 2. The Morgan fingerprint density at radius 3 is 2.32 bits per heavy atom. The van der Waals surface area contributed by atoms with Crippen LogP contribution in [0.3, 0.4) is 0 Å². The minimum atomic E-state index is -4.38. The smallest absolute Gasteiger partial charge is 0.369 e. The molecule has 1 heterocycles. The largest absolute Gasteiger partial charge is 0.395 e. The van der Waals surface area contributed by atoms with Crippen LogP contribution >= 0.6 is 11.3 Å². The van der Waals surface area contributed by atoms with E-state index < -0.39 is 23.4 Å². The third kappa shape index (κ3) is 7.38. The summed E-state index contributed by atoms with van der Waals surface area (Å²) in [6, 6.07) is 7.02. The van der Waals surface area contributed by atoms with Crippen molar-refractivity contribution in [2.24, 2.45) is 10.4 Å². The number of carbonyl (C=O) groups is 2. The molecule has 1 aromatic carbocycles. The van der Waals surface area contributed by atoms with Crippen molar-refractivity contribution in [1.82, 2.24) is 20.1 Å². The number of aryl methyl sites for hydroxylation is 1. The van der Waals surface area contributed by atoms with Crippen LogP contribution in [0.2, 0.25) is 0 Å². The van der Waals surface area contributed by atoms with Crippen molar-refractivity contribution in [2.75, 3.05) is 34.7 Å². The molecular weight excluding hydrogens is 503 g/mol. The average Bonchev–Trinajstić information content (AvgIpc) is 3.54. The Balaban J connectivity index is 1.63. The number of hydrogen-bond donors (Lipinski definition) is 1. The lowest BCUT2D eigenvalue weighted by Gasteiger charge is -2.28. The lowest BCUT2D eigenvalue weighted by Crippen LogP contribution is -2.42. The summed E-state index contributed by atoms with van der Waals surface area (Å²) in [7, 11) is 7.32. The number of benzene rings is 1. The zero-order valence-electron chi connectivity index (χ0n) is 21.8. The van der Waals surface area contributed by atoms with Crippen molar-refractivity contribution in [1.29, 1.82) is 0 Å². The summed E-state index contributed by atoms with van der Waals surface area (Å²) in [5.74, 6) is -1.74. The van der Waals surface area contributed by atoms with Crippen molar-refractivity contribution in [3.8, 4) is 0 Å². The van der Waals surface area contributed by atoms with Crippen molar-refractivity contribution >= 4 is 29.5 Å². The van der Waals surface area contributed by atoms with E-state index in [1.54, 1.807) is 44.2 Å². The Morgan fingerprint density at radius 2 is 1.84 bits per heavy atom. The van der Waals surface area contributed by atoms with Crippen molar-refractivity contribution in [3.05, 3.63) is 51.5 Å². The van der Waals surface area contributed by atoms with E-state index in [9.17, 15) is 22.8 Å². The number of aromatic nitrogens is 1. The number of likely N-dealkylation sites (N-methyl/N-ethyl adjacent to an activating group) is 1. The SMILES string of the molecule is Cc1cnc(C(CC(=O)NCC(Cc2ccc(C(=O)N=CN(C)C)cc2)N(C)C)C2(C(F)(F)F)CC2)s1. The van der Waals surface area contributed by atoms with Gasteiger partial charge in [0.05, 0.1) is 16.8 Å². The molecule has 1 aromatic heterocycles. The van der Waals surface area contributed by atoms with E-state index in [0.717, 1.165) is 10.4 Å². The van der Waals surface area contributed by atoms with Crippen LogP contribution in [-0.2, 0) is 11.2 Å². The van der Waals surface area contributed by atoms with Crippen molar-refractivity contribution in [2.45, 2.75) is 50.7 Å². The standard InChI is InChI=1S/C26H34F3N5O2S/c1-17-14-31-24(37-17)21(25(10-11-25)26(27,28)29)13-22(35)30-15-20(34(4)5)12-18-6-8-19(9-7-18)23(36)32-16-33(2)3/h6-9,14,16,20-21H,10-13,15H2,1-5H3,(H,30,35). The third-order valence-electron chi connectivity index (χ3n) is 6.69. The maximum absolute atomic E-state index is 13.9. The quantitative estimate of drug-likeness (QED) is 0.342. The highest BCUT2D eigenvalue weighted by molar-refractivity contribution is 7.11. The molecule has 202 valence electrons. The molecule has 37 heavy (non-hydrogen) atoms. The van der Waals surface area contributed by atoms with Gasteiger partial charge in [0, 0.05) is 55.7 Å². The van der Waals surface area contributed by atoms with Gasteiger partial charge in [0.25, 0.3) is 5.91 Å². The number of aliphatic imine (C=N–C) groups is 1. The summed E-state index contributed by atoms with van der Waals surface area (Å²) < 4.78 is 41.7. The highest BCUT2D eigenvalue weighted by Crippen LogP contribution is 2.66. The van der Waals surface area contributed by atoms with Gasteiger partial charge in [-0.25, -0.2) is 4.98 Å². The Labute approximate surface area is 219 Å². The van der Waals surface area contributed by atoms with Gasteiger partial charge in [-0.05, 0) is 58.0 Å². The number of rotatable bonds is 11. The fraction of sp³-hybridized carbons (Fsp3) is 0.538. The molecule has 0 radical (unpaired) electrons. The molecule has 1 N–H and O–H groups in total. The molecule has 1 aliphatic carbocycles. The van der Waals surface area contributed by atoms with Gasteiger partial charge in [-0.3, -0.25) is 9.59 Å². The van der Waals surface area contributed by atoms with Gasteiger partial charge in [0.1, 0.15) is 0 Å². The molecule has 3 rings (SSSR count). The number of halogens is 3. The first-order chi connectivity index (χ1) is 17.3. The first-order valence-corrected chi connectivity index (χ1v) is 12.9. The van der Waals surface area contributed by atoms with Crippen LogP contribution in [0.1, 0.15) is 51.0 Å². The first kappa shape index (κ1) is 28.8. The summed E-state index contributed by atoms with van der Waals surface area (Å²) in [6.07, 6.45) is -0.997. The van der Waals surface area contributed by atoms with Crippen LogP contribution in [0.4, 0.5) is 13.2 Å². The summed E-state index contributed by atoms with van der Waals surface area (Å²) >= 11 is 1.22. The molecule has 1 fully saturated rings. The monoisotopic (exact) mass is 537 g/mol. The number of alkyl halides is 3. The van der Waals surface area contributed by atoms with Crippen LogP contribution in [0, 0.1) is 12.3 Å². The predicted octanol–water partition coefficient (Wildman–Crippen LogP) is 4.29. The maximum Gasteiger partial charge on any atom is 0.395 e. The molecule has 7 nitrogen and oxygen atoms in total. The number of thiazole rings is 1. The summed E-state index contributed by atoms with van der Waals surface area (Å²) in [5.41, 5.74) is -0.435. The minimum absolute atomic E-state index is 0.0202. The fourth-order valence-corrected chi connectivity index (χ4v) is 5.23. The average molecular weight is 538 g/mol. The van der Waals surface area contributed by atoms with E-state index in [0.29, 0.717) is 17.0 Å². The molecular formula is C26H34F3N5O2S. The molecule has 11 heteroatoms. The van der Waals surface area contributed by atoms with Crippen LogP contribution in [0.5, 0.6) is 0 Å². The van der Waals surface area contributed by atoms with E-state index in [4.69, 9.17) is 0 Å². The summed E-state index contributed by atoms with van der Waals surface area (Å²) in [4.78, 5) is 37.6. The third-order valence-corrected chi connectivity index (χ3v) is 7.72. The van der Waals surface area contributed by atoms with Gasteiger partial charge in [-0.15, -0.1) is 11.3 Å². The minimum Gasteiger partial charge on any atom is -0.369 e. The molecule has 2 aromatic rings. The van der Waals surface area contributed by atoms with Gasteiger partial charge in [0.15, 0.2) is 0 Å². The lowest BCUT2D eigenvalue weighted by molar-refractivity contribution is -0.194. The second-order valence-electron chi connectivity index (χ2n) is 10.1. The molecule has 1 saturated carbocycles. The van der Waals surface area contributed by atoms with Gasteiger partial charge in [0.2, 0.25) is 5.91 Å². The number of hydrogen-bond acceptors (Lipinski definition) is 5. The van der Waals surface area contributed by atoms with Gasteiger partial charge >= 0.3 is 6.18 Å². The Morgan fingerprint density at radius 1 is 1.19 bits per heavy atom.